The summed E-state index contributed by atoms with van der Waals surface area (Å²) in [5.74, 6) is -1.30. The molecule has 0 spiro atoms. The van der Waals surface area contributed by atoms with Crippen LogP contribution in [-0.2, 0) is 65.4 Å². The summed E-state index contributed by atoms with van der Waals surface area (Å²) in [7, 11) is -9.91. The molecule has 0 saturated heterocycles. The lowest BCUT2D eigenvalue weighted by molar-refractivity contribution is -0.161. The molecule has 19 heteroatoms. The molecule has 0 bridgehead atoms. The lowest BCUT2D eigenvalue weighted by Crippen LogP contribution is -2.30. The van der Waals surface area contributed by atoms with Crippen LogP contribution in [0.5, 0.6) is 0 Å². The third-order valence-corrected chi connectivity index (χ3v) is 20.2. The van der Waals surface area contributed by atoms with Gasteiger partial charge in [0, 0.05) is 25.7 Å². The first kappa shape index (κ1) is 95.1. The van der Waals surface area contributed by atoms with Gasteiger partial charge in [0.1, 0.15) is 19.3 Å². The molecule has 2 unspecified atom stereocenters. The van der Waals surface area contributed by atoms with Crippen LogP contribution in [-0.4, -0.2) is 96.7 Å². The van der Waals surface area contributed by atoms with E-state index in [-0.39, 0.29) is 25.7 Å². The minimum absolute atomic E-state index is 0.108. The van der Waals surface area contributed by atoms with Crippen molar-refractivity contribution >= 4 is 39.5 Å². The SMILES string of the molecule is CCCCCCCCCCCCCCCCCCC(=O)OC[C@H](COP(=O)(O)OC[C@@H](O)COP(=O)(O)OC[C@@H](COC(=O)CCCCCCCCCCCC)OC(=O)CCCCCCCCCCCCCC)OC(=O)CCCCCCCCCCCCCCCCCCC(C)C. The first-order valence-corrected chi connectivity index (χ1v) is 43.6. The van der Waals surface area contributed by atoms with Crippen LogP contribution in [0.3, 0.4) is 0 Å². The van der Waals surface area contributed by atoms with Crippen LogP contribution >= 0.6 is 15.6 Å². The number of hydrogen-bond acceptors (Lipinski definition) is 15. The van der Waals surface area contributed by atoms with Gasteiger partial charge in [-0.25, -0.2) is 9.13 Å². The number of esters is 4. The Kier molecular flexibility index (Phi) is 69.6. The largest absolute Gasteiger partial charge is 0.472 e. The number of phosphoric acid groups is 2. The summed E-state index contributed by atoms with van der Waals surface area (Å²) in [6, 6.07) is 0. The van der Waals surface area contributed by atoms with E-state index in [1.54, 1.807) is 0 Å². The van der Waals surface area contributed by atoms with Gasteiger partial charge in [0.25, 0.3) is 0 Å². The molecule has 0 aromatic heterocycles. The average Bonchev–Trinajstić information content (AvgIpc) is 1.92. The van der Waals surface area contributed by atoms with Crippen LogP contribution in [0.15, 0.2) is 0 Å². The molecular weight excluding hydrogens is 1270 g/mol. The van der Waals surface area contributed by atoms with Gasteiger partial charge in [0.15, 0.2) is 12.2 Å². The molecule has 3 N–H and O–H groups in total. The summed E-state index contributed by atoms with van der Waals surface area (Å²) in [4.78, 5) is 72.9. The van der Waals surface area contributed by atoms with Crippen molar-refractivity contribution in [3.63, 3.8) is 0 Å². The van der Waals surface area contributed by atoms with E-state index in [2.05, 4.69) is 34.6 Å². The maximum Gasteiger partial charge on any atom is 0.472 e. The first-order valence-electron chi connectivity index (χ1n) is 40.6. The Morgan fingerprint density at radius 1 is 0.278 bits per heavy atom. The van der Waals surface area contributed by atoms with Gasteiger partial charge in [-0.3, -0.25) is 37.3 Å². The van der Waals surface area contributed by atoms with Crippen LogP contribution in [0.2, 0.25) is 0 Å². The van der Waals surface area contributed by atoms with Crippen LogP contribution in [0.1, 0.15) is 413 Å². The molecule has 0 aromatic carbocycles. The zero-order valence-corrected chi connectivity index (χ0v) is 65.0. The van der Waals surface area contributed by atoms with E-state index in [1.165, 1.54) is 238 Å². The Labute approximate surface area is 594 Å². The number of rotatable bonds is 78. The molecule has 97 heavy (non-hydrogen) atoms. The predicted molar refractivity (Wildman–Crippen MR) is 395 cm³/mol. The molecule has 576 valence electrons. The molecule has 0 rings (SSSR count). The number of aliphatic hydroxyl groups excluding tert-OH is 1. The number of aliphatic hydroxyl groups is 1. The van der Waals surface area contributed by atoms with Gasteiger partial charge in [-0.05, 0) is 31.6 Å². The summed E-state index contributed by atoms with van der Waals surface area (Å²) in [5, 5.41) is 10.6. The lowest BCUT2D eigenvalue weighted by atomic mass is 10.0. The smallest absolute Gasteiger partial charge is 0.462 e. The molecular formula is C78H152O17P2. The number of phosphoric ester groups is 2. The van der Waals surface area contributed by atoms with Crippen molar-refractivity contribution in [3.8, 4) is 0 Å². The molecule has 0 saturated carbocycles. The van der Waals surface area contributed by atoms with E-state index < -0.39 is 97.5 Å². The third kappa shape index (κ3) is 72.2. The summed E-state index contributed by atoms with van der Waals surface area (Å²) in [6.07, 6.45) is 60.9. The second kappa shape index (κ2) is 71.1. The highest BCUT2D eigenvalue weighted by Gasteiger charge is 2.30. The van der Waals surface area contributed by atoms with Crippen molar-refractivity contribution in [3.05, 3.63) is 0 Å². The lowest BCUT2D eigenvalue weighted by Gasteiger charge is -2.21. The quantitative estimate of drug-likeness (QED) is 0.0222. The maximum atomic E-state index is 13.1. The molecule has 0 aromatic rings. The minimum atomic E-state index is -4.96. The summed E-state index contributed by atoms with van der Waals surface area (Å²) in [6.45, 7) is 7.33. The van der Waals surface area contributed by atoms with Crippen LogP contribution in [0, 0.1) is 5.92 Å². The Morgan fingerprint density at radius 2 is 0.474 bits per heavy atom. The van der Waals surface area contributed by atoms with E-state index in [9.17, 15) is 43.2 Å². The molecule has 0 aliphatic heterocycles. The fourth-order valence-corrected chi connectivity index (χ4v) is 13.6. The molecule has 0 radical (unpaired) electrons. The zero-order valence-electron chi connectivity index (χ0n) is 63.2. The van der Waals surface area contributed by atoms with Gasteiger partial charge in [0.2, 0.25) is 0 Å². The number of ether oxygens (including phenoxy) is 4. The van der Waals surface area contributed by atoms with Gasteiger partial charge in [-0.2, -0.15) is 0 Å². The van der Waals surface area contributed by atoms with Gasteiger partial charge in [-0.15, -0.1) is 0 Å². The van der Waals surface area contributed by atoms with Crippen LogP contribution in [0.4, 0.5) is 0 Å². The van der Waals surface area contributed by atoms with Crippen LogP contribution < -0.4 is 0 Å². The predicted octanol–water partition coefficient (Wildman–Crippen LogP) is 23.3. The van der Waals surface area contributed by atoms with Crippen molar-refractivity contribution in [2.24, 2.45) is 5.92 Å². The van der Waals surface area contributed by atoms with Crippen molar-refractivity contribution in [2.75, 3.05) is 39.6 Å². The second-order valence-corrected chi connectivity index (χ2v) is 31.5. The molecule has 17 nitrogen and oxygen atoms in total. The minimum Gasteiger partial charge on any atom is -0.462 e. The van der Waals surface area contributed by atoms with E-state index in [0.717, 1.165) is 95.8 Å². The maximum absolute atomic E-state index is 13.1. The Morgan fingerprint density at radius 3 is 0.701 bits per heavy atom. The molecule has 0 fully saturated rings. The fraction of sp³-hybridized carbons (Fsp3) is 0.949. The highest BCUT2D eigenvalue weighted by Crippen LogP contribution is 2.45. The number of carbonyl (C=O) groups excluding carboxylic acids is 4. The Bertz CT molecular complexity index is 1860. The molecule has 0 aliphatic rings. The van der Waals surface area contributed by atoms with E-state index >= 15 is 0 Å². The van der Waals surface area contributed by atoms with Crippen molar-refractivity contribution in [1.82, 2.24) is 0 Å². The van der Waals surface area contributed by atoms with E-state index in [1.807, 2.05) is 0 Å². The Hall–Kier alpha value is -1.94. The van der Waals surface area contributed by atoms with Crippen molar-refractivity contribution in [2.45, 2.75) is 432 Å². The van der Waals surface area contributed by atoms with Gasteiger partial charge in [-0.1, -0.05) is 362 Å². The normalized spacial score (nSPS) is 13.9. The molecule has 0 heterocycles. The average molecular weight is 1420 g/mol. The fourth-order valence-electron chi connectivity index (χ4n) is 12.1. The highest BCUT2D eigenvalue weighted by molar-refractivity contribution is 7.47. The van der Waals surface area contributed by atoms with Gasteiger partial charge < -0.3 is 33.8 Å². The van der Waals surface area contributed by atoms with E-state index in [0.29, 0.717) is 25.7 Å². The molecule has 0 aliphatic carbocycles. The number of carbonyl (C=O) groups is 4. The van der Waals surface area contributed by atoms with Crippen molar-refractivity contribution in [1.29, 1.82) is 0 Å². The van der Waals surface area contributed by atoms with Crippen molar-refractivity contribution < 1.29 is 80.2 Å². The highest BCUT2D eigenvalue weighted by atomic mass is 31.2. The van der Waals surface area contributed by atoms with Gasteiger partial charge in [0.05, 0.1) is 26.4 Å². The summed E-state index contributed by atoms with van der Waals surface area (Å²) in [5.41, 5.74) is 0. The summed E-state index contributed by atoms with van der Waals surface area (Å²) < 4.78 is 68.6. The monoisotopic (exact) mass is 1420 g/mol. The van der Waals surface area contributed by atoms with Gasteiger partial charge >= 0.3 is 39.5 Å². The zero-order chi connectivity index (χ0) is 71.2. The Balaban J connectivity index is 5.22. The first-order chi connectivity index (χ1) is 47.0. The summed E-state index contributed by atoms with van der Waals surface area (Å²) >= 11 is 0. The molecule has 5 atom stereocenters. The second-order valence-electron chi connectivity index (χ2n) is 28.6. The molecule has 0 amide bonds. The standard InChI is InChI=1S/C78H152O17P2/c1-6-9-12-15-18-21-24-26-27-31-34-38-42-47-52-57-62-76(81)89-68-74(95-78(83)64-59-54-49-44-39-35-32-29-28-30-33-36-40-45-50-55-60-71(4)5)70-93-97(86,87)91-66-72(79)65-90-96(84,85)92-69-73(67-88-75(80)61-56-51-46-41-23-20-17-14-11-8-3)94-77(82)63-58-53-48-43-37-25-22-19-16-13-10-7-2/h71-74,79H,6-70H2,1-5H3,(H,84,85)(H,86,87)/t72-,73+,74+/m0/s1. The topological polar surface area (TPSA) is 237 Å². The third-order valence-electron chi connectivity index (χ3n) is 18.3. The number of hydrogen-bond donors (Lipinski definition) is 3. The van der Waals surface area contributed by atoms with E-state index in [4.69, 9.17) is 37.0 Å². The van der Waals surface area contributed by atoms with Crippen LogP contribution in [0.25, 0.3) is 0 Å². The number of unbranched alkanes of at least 4 members (excludes halogenated alkanes) is 50.